The Balaban J connectivity index is 1.74. The van der Waals surface area contributed by atoms with Crippen LogP contribution in [-0.2, 0) is 13.6 Å². The fourth-order valence-corrected chi connectivity index (χ4v) is 2.27. The molecule has 1 fully saturated rings. The molecule has 5 nitrogen and oxygen atoms in total. The molecule has 0 radical (unpaired) electrons. The Morgan fingerprint density at radius 2 is 2.18 bits per heavy atom. The highest BCUT2D eigenvalue weighted by atomic mass is 15.3. The van der Waals surface area contributed by atoms with Gasteiger partial charge in [0.15, 0.2) is 0 Å². The lowest BCUT2D eigenvalue weighted by Gasteiger charge is -2.37. The van der Waals surface area contributed by atoms with Crippen molar-refractivity contribution in [1.82, 2.24) is 24.9 Å². The number of piperazine rings is 1. The summed E-state index contributed by atoms with van der Waals surface area (Å²) in [6, 6.07) is 0.616. The van der Waals surface area contributed by atoms with E-state index in [1.54, 1.807) is 0 Å². The number of likely N-dealkylation sites (N-methyl/N-ethyl adjacent to an activating group) is 2. The van der Waals surface area contributed by atoms with E-state index >= 15 is 0 Å². The maximum absolute atomic E-state index is 4.17. The quantitative estimate of drug-likeness (QED) is 0.784. The van der Waals surface area contributed by atoms with Crippen LogP contribution in [0.2, 0.25) is 0 Å². The zero-order chi connectivity index (χ0) is 12.3. The molecule has 5 heteroatoms. The van der Waals surface area contributed by atoms with E-state index in [1.165, 1.54) is 12.1 Å². The van der Waals surface area contributed by atoms with Gasteiger partial charge >= 0.3 is 0 Å². The van der Waals surface area contributed by atoms with E-state index < -0.39 is 0 Å². The second-order valence-electron chi connectivity index (χ2n) is 5.05. The van der Waals surface area contributed by atoms with Crippen LogP contribution in [0.3, 0.4) is 0 Å². The molecular weight excluding hydrogens is 214 g/mol. The maximum atomic E-state index is 4.17. The molecule has 17 heavy (non-hydrogen) atoms. The molecule has 0 bridgehead atoms. The Labute approximate surface area is 103 Å². The molecule has 0 saturated carbocycles. The highest BCUT2D eigenvalue weighted by Gasteiger charge is 2.21. The third-order valence-electron chi connectivity index (χ3n) is 3.45. The molecule has 1 unspecified atom stereocenters. The molecule has 0 amide bonds. The van der Waals surface area contributed by atoms with Gasteiger partial charge in [0.1, 0.15) is 0 Å². The van der Waals surface area contributed by atoms with Crippen molar-refractivity contribution in [2.45, 2.75) is 12.6 Å². The molecule has 1 aromatic rings. The summed E-state index contributed by atoms with van der Waals surface area (Å²) < 4.78 is 1.84. The Morgan fingerprint density at radius 1 is 1.35 bits per heavy atom. The largest absolute Gasteiger partial charge is 0.311 e. The van der Waals surface area contributed by atoms with Crippen molar-refractivity contribution in [3.05, 3.63) is 18.0 Å². The van der Waals surface area contributed by atoms with Crippen LogP contribution in [0.1, 0.15) is 5.56 Å². The van der Waals surface area contributed by atoms with Gasteiger partial charge in [-0.15, -0.1) is 0 Å². The number of nitrogens with zero attached hydrogens (tertiary/aromatic N) is 4. The molecule has 1 atom stereocenters. The number of aromatic nitrogens is 2. The van der Waals surface area contributed by atoms with Crippen LogP contribution in [0.5, 0.6) is 0 Å². The highest BCUT2D eigenvalue weighted by Crippen LogP contribution is 2.05. The molecule has 0 aliphatic carbocycles. The van der Waals surface area contributed by atoms with Gasteiger partial charge in [0.2, 0.25) is 0 Å². The molecule has 0 spiro atoms. The Morgan fingerprint density at radius 3 is 2.88 bits per heavy atom. The molecule has 2 heterocycles. The average Bonchev–Trinajstić information content (AvgIpc) is 2.69. The maximum Gasteiger partial charge on any atom is 0.0534 e. The van der Waals surface area contributed by atoms with Gasteiger partial charge in [-0.3, -0.25) is 9.58 Å². The van der Waals surface area contributed by atoms with Crippen molar-refractivity contribution < 1.29 is 0 Å². The van der Waals surface area contributed by atoms with Gasteiger partial charge in [-0.2, -0.15) is 5.10 Å². The number of nitrogens with one attached hydrogen (secondary N) is 1. The second kappa shape index (κ2) is 5.62. The first-order valence-corrected chi connectivity index (χ1v) is 6.22. The Kier molecular flexibility index (Phi) is 4.15. The predicted molar refractivity (Wildman–Crippen MR) is 68.8 cm³/mol. The third-order valence-corrected chi connectivity index (χ3v) is 3.45. The Hall–Kier alpha value is -0.910. The Bertz CT molecular complexity index is 348. The topological polar surface area (TPSA) is 36.3 Å². The van der Waals surface area contributed by atoms with Gasteiger partial charge in [0.25, 0.3) is 0 Å². The SMILES string of the molecule is CN1CCN(C)C(CNCc2cnn(C)c2)C1. The van der Waals surface area contributed by atoms with E-state index in [1.807, 2.05) is 17.9 Å². The smallest absolute Gasteiger partial charge is 0.0534 e. The first-order chi connectivity index (χ1) is 8.15. The number of aryl methyl sites for hydroxylation is 1. The fraction of sp³-hybridized carbons (Fsp3) is 0.750. The van der Waals surface area contributed by atoms with Crippen molar-refractivity contribution in [3.8, 4) is 0 Å². The summed E-state index contributed by atoms with van der Waals surface area (Å²) in [5.74, 6) is 0. The zero-order valence-corrected chi connectivity index (χ0v) is 11.1. The van der Waals surface area contributed by atoms with Gasteiger partial charge < -0.3 is 10.2 Å². The van der Waals surface area contributed by atoms with Crippen LogP contribution in [0.4, 0.5) is 0 Å². The molecule has 1 aromatic heterocycles. The van der Waals surface area contributed by atoms with Crippen LogP contribution < -0.4 is 5.32 Å². The minimum Gasteiger partial charge on any atom is -0.311 e. The van der Waals surface area contributed by atoms with Crippen LogP contribution in [0.25, 0.3) is 0 Å². The molecule has 1 aliphatic rings. The van der Waals surface area contributed by atoms with Crippen LogP contribution in [0.15, 0.2) is 12.4 Å². The van der Waals surface area contributed by atoms with E-state index in [2.05, 4.69) is 40.5 Å². The monoisotopic (exact) mass is 237 g/mol. The summed E-state index contributed by atoms with van der Waals surface area (Å²) in [7, 11) is 6.36. The zero-order valence-electron chi connectivity index (χ0n) is 11.1. The summed E-state index contributed by atoms with van der Waals surface area (Å²) in [5.41, 5.74) is 1.25. The molecule has 2 rings (SSSR count). The summed E-state index contributed by atoms with van der Waals surface area (Å²) in [6.45, 7) is 5.43. The number of rotatable bonds is 4. The minimum atomic E-state index is 0.616. The van der Waals surface area contributed by atoms with E-state index in [9.17, 15) is 0 Å². The molecule has 1 saturated heterocycles. The molecular formula is C12H23N5. The first-order valence-electron chi connectivity index (χ1n) is 6.22. The average molecular weight is 237 g/mol. The normalized spacial score (nSPS) is 23.1. The predicted octanol–water partition coefficient (Wildman–Crippen LogP) is -0.244. The van der Waals surface area contributed by atoms with Gasteiger partial charge in [-0.05, 0) is 14.1 Å². The third kappa shape index (κ3) is 3.52. The van der Waals surface area contributed by atoms with Gasteiger partial charge in [-0.1, -0.05) is 0 Å². The van der Waals surface area contributed by atoms with Crippen LogP contribution >= 0.6 is 0 Å². The van der Waals surface area contributed by atoms with E-state index in [0.29, 0.717) is 6.04 Å². The second-order valence-corrected chi connectivity index (χ2v) is 5.05. The number of hydrogen-bond acceptors (Lipinski definition) is 4. The minimum absolute atomic E-state index is 0.616. The lowest BCUT2D eigenvalue weighted by molar-refractivity contribution is 0.113. The van der Waals surface area contributed by atoms with Crippen LogP contribution in [-0.4, -0.2) is 65.9 Å². The van der Waals surface area contributed by atoms with E-state index in [-0.39, 0.29) is 0 Å². The van der Waals surface area contributed by atoms with E-state index in [4.69, 9.17) is 0 Å². The lowest BCUT2D eigenvalue weighted by Crippen LogP contribution is -2.53. The summed E-state index contributed by atoms with van der Waals surface area (Å²) in [5, 5.41) is 7.68. The fourth-order valence-electron chi connectivity index (χ4n) is 2.27. The van der Waals surface area contributed by atoms with Crippen molar-refractivity contribution in [2.24, 2.45) is 7.05 Å². The van der Waals surface area contributed by atoms with Crippen molar-refractivity contribution in [1.29, 1.82) is 0 Å². The molecule has 1 aliphatic heterocycles. The van der Waals surface area contributed by atoms with Crippen molar-refractivity contribution in [2.75, 3.05) is 40.3 Å². The van der Waals surface area contributed by atoms with E-state index in [0.717, 1.165) is 26.2 Å². The highest BCUT2D eigenvalue weighted by molar-refractivity contribution is 5.02. The van der Waals surface area contributed by atoms with Gasteiger partial charge in [-0.25, -0.2) is 0 Å². The summed E-state index contributed by atoms with van der Waals surface area (Å²) >= 11 is 0. The first kappa shape index (κ1) is 12.5. The molecule has 96 valence electrons. The standard InChI is InChI=1S/C12H23N5/c1-15-4-5-16(2)12(10-15)8-13-6-11-7-14-17(3)9-11/h7,9,12-13H,4-6,8,10H2,1-3H3. The van der Waals surface area contributed by atoms with Gasteiger partial charge in [0.05, 0.1) is 6.20 Å². The van der Waals surface area contributed by atoms with Crippen molar-refractivity contribution in [3.63, 3.8) is 0 Å². The lowest BCUT2D eigenvalue weighted by atomic mass is 10.2. The van der Waals surface area contributed by atoms with Gasteiger partial charge in [0, 0.05) is 57.6 Å². The molecule has 0 aromatic carbocycles. The van der Waals surface area contributed by atoms with Crippen molar-refractivity contribution >= 4 is 0 Å². The summed E-state index contributed by atoms with van der Waals surface area (Å²) in [6.07, 6.45) is 3.98. The molecule has 1 N–H and O–H groups in total. The summed E-state index contributed by atoms with van der Waals surface area (Å²) in [4.78, 5) is 4.84. The number of hydrogen-bond donors (Lipinski definition) is 1. The van der Waals surface area contributed by atoms with Crippen LogP contribution in [0, 0.1) is 0 Å².